The van der Waals surface area contributed by atoms with E-state index in [1.165, 1.54) is 22.5 Å². The number of sulfonamides is 1. The number of hydrogen-bond acceptors (Lipinski definition) is 7. The van der Waals surface area contributed by atoms with Crippen molar-refractivity contribution in [2.45, 2.75) is 40.0 Å². The SMILES string of the molecule is O=C(NCc1ccc(S(=O)(=O)N2CCC(Nc3ccc(S(=O)(=O)C(F)(F)F)cc3)CC2)s1)c1ccc(Cl)cc1. The van der Waals surface area contributed by atoms with Crippen molar-refractivity contribution in [3.05, 3.63) is 76.1 Å². The van der Waals surface area contributed by atoms with Gasteiger partial charge in [-0.2, -0.15) is 17.5 Å². The molecule has 0 bridgehead atoms. The molecule has 0 saturated carbocycles. The third kappa shape index (κ3) is 6.74. The first-order valence-electron chi connectivity index (χ1n) is 11.6. The maximum Gasteiger partial charge on any atom is 0.501 e. The van der Waals surface area contributed by atoms with Crippen molar-refractivity contribution in [3.8, 4) is 0 Å². The number of amides is 1. The first kappa shape index (κ1) is 29.3. The summed E-state index contributed by atoms with van der Waals surface area (Å²) < 4.78 is 89.0. The Balaban J connectivity index is 1.30. The van der Waals surface area contributed by atoms with Gasteiger partial charge in [-0.1, -0.05) is 11.6 Å². The maximum atomic E-state index is 13.1. The summed E-state index contributed by atoms with van der Waals surface area (Å²) in [6.07, 6.45) is 0.883. The number of thiophene rings is 1. The molecular weight excluding hydrogens is 599 g/mol. The second-order valence-corrected chi connectivity index (χ2v) is 14.4. The highest BCUT2D eigenvalue weighted by Gasteiger charge is 2.46. The number of nitrogens with one attached hydrogen (secondary N) is 2. The van der Waals surface area contributed by atoms with Gasteiger partial charge in [-0.15, -0.1) is 11.3 Å². The van der Waals surface area contributed by atoms with Gasteiger partial charge in [-0.05, 0) is 73.5 Å². The number of sulfone groups is 1. The summed E-state index contributed by atoms with van der Waals surface area (Å²) in [5.41, 5.74) is -4.52. The van der Waals surface area contributed by atoms with Crippen molar-refractivity contribution in [1.29, 1.82) is 0 Å². The molecule has 2 heterocycles. The molecule has 0 spiro atoms. The third-order valence-corrected chi connectivity index (χ3v) is 11.3. The van der Waals surface area contributed by atoms with Crippen LogP contribution < -0.4 is 10.6 Å². The van der Waals surface area contributed by atoms with Gasteiger partial charge in [0.05, 0.1) is 11.4 Å². The quantitative estimate of drug-likeness (QED) is 0.370. The van der Waals surface area contributed by atoms with Crippen molar-refractivity contribution in [2.24, 2.45) is 0 Å². The lowest BCUT2D eigenvalue weighted by atomic mass is 10.1. The number of anilines is 1. The van der Waals surface area contributed by atoms with Gasteiger partial charge in [0.25, 0.3) is 25.8 Å². The fraction of sp³-hybridized carbons (Fsp3) is 0.292. The van der Waals surface area contributed by atoms with Gasteiger partial charge >= 0.3 is 5.51 Å². The molecule has 2 N–H and O–H groups in total. The van der Waals surface area contributed by atoms with Gasteiger partial charge < -0.3 is 10.6 Å². The van der Waals surface area contributed by atoms with Gasteiger partial charge in [0.1, 0.15) is 4.21 Å². The van der Waals surface area contributed by atoms with Crippen LogP contribution in [0, 0.1) is 0 Å². The summed E-state index contributed by atoms with van der Waals surface area (Å²) in [5, 5.41) is 6.37. The molecule has 0 atom stereocenters. The number of piperidine rings is 1. The molecule has 1 amide bonds. The van der Waals surface area contributed by atoms with Gasteiger partial charge in [-0.3, -0.25) is 4.79 Å². The van der Waals surface area contributed by atoms with E-state index in [2.05, 4.69) is 10.6 Å². The second-order valence-electron chi connectivity index (χ2n) is 8.71. The number of carbonyl (C=O) groups is 1. The second kappa shape index (κ2) is 11.5. The highest BCUT2D eigenvalue weighted by molar-refractivity contribution is 7.92. The standard InChI is InChI=1S/C24H23ClF3N3O5S3/c25-17-3-1-16(2-4-17)23(32)29-15-20-7-10-22(37-20)39(35,36)31-13-11-19(12-14-31)30-18-5-8-21(9-6-18)38(33,34)24(26,27)28/h1-10,19,30H,11-15H2,(H,29,32). The first-order chi connectivity index (χ1) is 18.3. The van der Waals surface area contributed by atoms with E-state index in [0.29, 0.717) is 34.0 Å². The highest BCUT2D eigenvalue weighted by atomic mass is 35.5. The Morgan fingerprint density at radius 2 is 1.56 bits per heavy atom. The highest BCUT2D eigenvalue weighted by Crippen LogP contribution is 2.31. The lowest BCUT2D eigenvalue weighted by Gasteiger charge is -2.31. The van der Waals surface area contributed by atoms with Crippen molar-refractivity contribution >= 4 is 54.4 Å². The minimum absolute atomic E-state index is 0.150. The van der Waals surface area contributed by atoms with Gasteiger partial charge in [0.2, 0.25) is 0 Å². The average molecular weight is 622 g/mol. The molecule has 1 aliphatic heterocycles. The van der Waals surface area contributed by atoms with Gasteiger partial charge in [-0.25, -0.2) is 16.8 Å². The van der Waals surface area contributed by atoms with E-state index in [0.717, 1.165) is 23.5 Å². The molecule has 1 saturated heterocycles. The van der Waals surface area contributed by atoms with Gasteiger partial charge in [0.15, 0.2) is 0 Å². The van der Waals surface area contributed by atoms with Crippen LogP contribution in [0.1, 0.15) is 28.1 Å². The summed E-state index contributed by atoms with van der Waals surface area (Å²) in [6.45, 7) is 0.610. The summed E-state index contributed by atoms with van der Waals surface area (Å²) in [6, 6.07) is 13.7. The van der Waals surface area contributed by atoms with Crippen molar-refractivity contribution < 1.29 is 34.8 Å². The average Bonchev–Trinajstić information content (AvgIpc) is 3.38. The molecule has 0 unspecified atom stereocenters. The Labute approximate surface area is 232 Å². The Kier molecular flexibility index (Phi) is 8.61. The Bertz CT molecular complexity index is 1530. The molecule has 39 heavy (non-hydrogen) atoms. The normalized spacial score (nSPS) is 15.7. The first-order valence-corrected chi connectivity index (χ1v) is 15.7. The number of benzene rings is 2. The number of alkyl halides is 3. The minimum Gasteiger partial charge on any atom is -0.382 e. The molecule has 3 aromatic rings. The molecule has 0 radical (unpaired) electrons. The van der Waals surface area contributed by atoms with Crippen LogP contribution in [0.15, 0.2) is 69.8 Å². The predicted octanol–water partition coefficient (Wildman–Crippen LogP) is 4.89. The lowest BCUT2D eigenvalue weighted by molar-refractivity contribution is -0.0436. The van der Waals surface area contributed by atoms with E-state index in [4.69, 9.17) is 11.6 Å². The van der Waals surface area contributed by atoms with E-state index >= 15 is 0 Å². The third-order valence-electron chi connectivity index (χ3n) is 6.05. The van der Waals surface area contributed by atoms with Crippen LogP contribution in [0.3, 0.4) is 0 Å². The summed E-state index contributed by atoms with van der Waals surface area (Å²) in [7, 11) is -9.17. The molecule has 8 nitrogen and oxygen atoms in total. The largest absolute Gasteiger partial charge is 0.501 e. The van der Waals surface area contributed by atoms with Crippen LogP contribution in [0.4, 0.5) is 18.9 Å². The minimum atomic E-state index is -5.42. The zero-order valence-electron chi connectivity index (χ0n) is 20.1. The van der Waals surface area contributed by atoms with Crippen LogP contribution in [0.2, 0.25) is 5.02 Å². The van der Waals surface area contributed by atoms with Crippen LogP contribution in [0.25, 0.3) is 0 Å². The van der Waals surface area contributed by atoms with E-state index in [1.54, 1.807) is 30.3 Å². The molecule has 0 aliphatic carbocycles. The van der Waals surface area contributed by atoms with Crippen molar-refractivity contribution in [2.75, 3.05) is 18.4 Å². The summed E-state index contributed by atoms with van der Waals surface area (Å²) in [4.78, 5) is 12.1. The monoisotopic (exact) mass is 621 g/mol. The number of halogens is 4. The number of nitrogens with zero attached hydrogens (tertiary/aromatic N) is 1. The summed E-state index contributed by atoms with van der Waals surface area (Å²) in [5.74, 6) is -0.310. The summed E-state index contributed by atoms with van der Waals surface area (Å²) >= 11 is 6.90. The molecule has 4 rings (SSSR count). The molecule has 1 aromatic heterocycles. The molecular formula is C24H23ClF3N3O5S3. The van der Waals surface area contributed by atoms with Crippen molar-refractivity contribution in [1.82, 2.24) is 9.62 Å². The van der Waals surface area contributed by atoms with Crippen LogP contribution >= 0.6 is 22.9 Å². The fourth-order valence-electron chi connectivity index (χ4n) is 3.93. The Hall–Kier alpha value is -2.65. The van der Waals surface area contributed by atoms with Crippen LogP contribution in [0.5, 0.6) is 0 Å². The number of rotatable bonds is 8. The zero-order valence-corrected chi connectivity index (χ0v) is 23.3. The zero-order chi connectivity index (χ0) is 28.4. The number of hydrogen-bond donors (Lipinski definition) is 2. The van der Waals surface area contributed by atoms with E-state index < -0.39 is 30.3 Å². The maximum absolute atomic E-state index is 13.1. The molecule has 1 aliphatic rings. The van der Waals surface area contributed by atoms with Crippen molar-refractivity contribution in [3.63, 3.8) is 0 Å². The van der Waals surface area contributed by atoms with Crippen LogP contribution in [-0.4, -0.2) is 51.7 Å². The lowest BCUT2D eigenvalue weighted by Crippen LogP contribution is -2.42. The van der Waals surface area contributed by atoms with E-state index in [1.807, 2.05) is 0 Å². The van der Waals surface area contributed by atoms with E-state index in [9.17, 15) is 34.8 Å². The Morgan fingerprint density at radius 3 is 2.15 bits per heavy atom. The Morgan fingerprint density at radius 1 is 0.949 bits per heavy atom. The van der Waals surface area contributed by atoms with Gasteiger partial charge in [0, 0.05) is 40.3 Å². The van der Waals surface area contributed by atoms with E-state index in [-0.39, 0.29) is 35.8 Å². The molecule has 2 aromatic carbocycles. The molecule has 1 fully saturated rings. The molecule has 15 heteroatoms. The topological polar surface area (TPSA) is 113 Å². The number of carbonyl (C=O) groups excluding carboxylic acids is 1. The molecule has 210 valence electrons. The van der Waals surface area contributed by atoms with Crippen LogP contribution in [-0.2, 0) is 26.4 Å². The predicted molar refractivity (Wildman–Crippen MR) is 142 cm³/mol. The fourth-order valence-corrected chi connectivity index (χ4v) is 7.74. The smallest absolute Gasteiger partial charge is 0.382 e.